The van der Waals surface area contributed by atoms with Crippen molar-refractivity contribution in [3.8, 4) is 11.8 Å². The zero-order valence-corrected chi connectivity index (χ0v) is 11.8. The van der Waals surface area contributed by atoms with Gasteiger partial charge in [-0.05, 0) is 30.2 Å². The standard InChI is InChI=1S/C15H19NO2S/c17-8-3-6-13-7-9-19-14(13)11-16-15(18)10-12-4-1-2-5-12/h7,9,12,17H,1-2,4-5,8,10-11H2,(H,16,18). The van der Waals surface area contributed by atoms with Crippen molar-refractivity contribution in [3.63, 3.8) is 0 Å². The van der Waals surface area contributed by atoms with Gasteiger partial charge in [0, 0.05) is 16.9 Å². The molecule has 19 heavy (non-hydrogen) atoms. The first kappa shape index (κ1) is 14.1. The highest BCUT2D eigenvalue weighted by Crippen LogP contribution is 2.27. The van der Waals surface area contributed by atoms with Gasteiger partial charge in [0.05, 0.1) is 6.54 Å². The van der Waals surface area contributed by atoms with Crippen molar-refractivity contribution in [3.05, 3.63) is 21.9 Å². The summed E-state index contributed by atoms with van der Waals surface area (Å²) in [5, 5.41) is 13.6. The van der Waals surface area contributed by atoms with Gasteiger partial charge in [-0.15, -0.1) is 11.3 Å². The van der Waals surface area contributed by atoms with Crippen LogP contribution in [-0.2, 0) is 11.3 Å². The maximum absolute atomic E-state index is 11.8. The molecule has 0 unspecified atom stereocenters. The lowest BCUT2D eigenvalue weighted by Crippen LogP contribution is -2.24. The third-order valence-electron chi connectivity index (χ3n) is 3.44. The summed E-state index contributed by atoms with van der Waals surface area (Å²) in [4.78, 5) is 12.9. The van der Waals surface area contributed by atoms with Crippen molar-refractivity contribution in [2.24, 2.45) is 5.92 Å². The van der Waals surface area contributed by atoms with Crippen LogP contribution in [0, 0.1) is 17.8 Å². The van der Waals surface area contributed by atoms with Crippen LogP contribution in [0.15, 0.2) is 11.4 Å². The molecular formula is C15H19NO2S. The predicted molar refractivity (Wildman–Crippen MR) is 76.7 cm³/mol. The van der Waals surface area contributed by atoms with E-state index in [1.54, 1.807) is 11.3 Å². The minimum atomic E-state index is -0.136. The Balaban J connectivity index is 1.81. The summed E-state index contributed by atoms with van der Waals surface area (Å²) in [5.74, 6) is 6.26. The average Bonchev–Trinajstić information content (AvgIpc) is 3.05. The van der Waals surface area contributed by atoms with Crippen molar-refractivity contribution in [2.45, 2.75) is 38.6 Å². The first-order valence-corrected chi connectivity index (χ1v) is 7.60. The first-order chi connectivity index (χ1) is 9.29. The second kappa shape index (κ2) is 7.32. The lowest BCUT2D eigenvalue weighted by Gasteiger charge is -2.09. The van der Waals surface area contributed by atoms with Gasteiger partial charge in [-0.1, -0.05) is 24.7 Å². The number of nitrogens with one attached hydrogen (secondary N) is 1. The van der Waals surface area contributed by atoms with E-state index < -0.39 is 0 Å². The van der Waals surface area contributed by atoms with Crippen LogP contribution >= 0.6 is 11.3 Å². The second-order valence-electron chi connectivity index (χ2n) is 4.85. The van der Waals surface area contributed by atoms with Gasteiger partial charge in [-0.2, -0.15) is 0 Å². The molecule has 1 fully saturated rings. The van der Waals surface area contributed by atoms with Crippen molar-refractivity contribution in [2.75, 3.05) is 6.61 Å². The van der Waals surface area contributed by atoms with Gasteiger partial charge in [0.15, 0.2) is 0 Å². The van der Waals surface area contributed by atoms with Gasteiger partial charge < -0.3 is 10.4 Å². The number of hydrogen-bond acceptors (Lipinski definition) is 3. The molecule has 1 aromatic heterocycles. The van der Waals surface area contributed by atoms with Crippen LogP contribution in [0.5, 0.6) is 0 Å². The highest BCUT2D eigenvalue weighted by Gasteiger charge is 2.18. The quantitative estimate of drug-likeness (QED) is 0.830. The number of hydrogen-bond donors (Lipinski definition) is 2. The second-order valence-corrected chi connectivity index (χ2v) is 5.85. The molecular weight excluding hydrogens is 258 g/mol. The first-order valence-electron chi connectivity index (χ1n) is 6.72. The summed E-state index contributed by atoms with van der Waals surface area (Å²) in [6.45, 7) is 0.405. The number of aliphatic hydroxyl groups is 1. The maximum Gasteiger partial charge on any atom is 0.220 e. The molecule has 0 atom stereocenters. The number of carbonyl (C=O) groups is 1. The molecule has 102 valence electrons. The molecule has 1 aliphatic rings. The largest absolute Gasteiger partial charge is 0.384 e. The maximum atomic E-state index is 11.8. The average molecular weight is 277 g/mol. The van der Waals surface area contributed by atoms with Crippen LogP contribution in [-0.4, -0.2) is 17.6 Å². The molecule has 2 N–H and O–H groups in total. The summed E-state index contributed by atoms with van der Waals surface area (Å²) in [6.07, 6.45) is 5.58. The lowest BCUT2D eigenvalue weighted by molar-refractivity contribution is -0.122. The molecule has 0 bridgehead atoms. The van der Waals surface area contributed by atoms with Crippen molar-refractivity contribution < 1.29 is 9.90 Å². The van der Waals surface area contributed by atoms with E-state index in [-0.39, 0.29) is 12.5 Å². The Bertz CT molecular complexity index is 478. The van der Waals surface area contributed by atoms with Crippen molar-refractivity contribution >= 4 is 17.2 Å². The van der Waals surface area contributed by atoms with E-state index in [9.17, 15) is 4.79 Å². The Labute approximate surface area is 118 Å². The fourth-order valence-electron chi connectivity index (χ4n) is 2.45. The Morgan fingerprint density at radius 3 is 3.00 bits per heavy atom. The van der Waals surface area contributed by atoms with E-state index in [1.807, 2.05) is 11.4 Å². The van der Waals surface area contributed by atoms with E-state index >= 15 is 0 Å². The monoisotopic (exact) mass is 277 g/mol. The molecule has 1 aliphatic carbocycles. The molecule has 1 aromatic rings. The molecule has 0 radical (unpaired) electrons. The summed E-state index contributed by atoms with van der Waals surface area (Å²) < 4.78 is 0. The highest BCUT2D eigenvalue weighted by molar-refractivity contribution is 7.10. The van der Waals surface area contributed by atoms with Crippen LogP contribution in [0.25, 0.3) is 0 Å². The summed E-state index contributed by atoms with van der Waals surface area (Å²) in [7, 11) is 0. The minimum absolute atomic E-state index is 0.136. The van der Waals surface area contributed by atoms with Crippen LogP contribution in [0.3, 0.4) is 0 Å². The lowest BCUT2D eigenvalue weighted by atomic mass is 10.0. The normalized spacial score (nSPS) is 15.0. The Morgan fingerprint density at radius 1 is 1.47 bits per heavy atom. The van der Waals surface area contributed by atoms with Gasteiger partial charge in [0.25, 0.3) is 0 Å². The molecule has 1 saturated carbocycles. The highest BCUT2D eigenvalue weighted by atomic mass is 32.1. The van der Waals surface area contributed by atoms with E-state index in [0.717, 1.165) is 10.4 Å². The summed E-state index contributed by atoms with van der Waals surface area (Å²) in [5.41, 5.74) is 0.903. The third-order valence-corrected chi connectivity index (χ3v) is 4.36. The third kappa shape index (κ3) is 4.38. The molecule has 1 amide bonds. The predicted octanol–water partition coefficient (Wildman–Crippen LogP) is 2.29. The van der Waals surface area contributed by atoms with E-state index in [4.69, 9.17) is 5.11 Å². The van der Waals surface area contributed by atoms with Crippen molar-refractivity contribution in [1.29, 1.82) is 0 Å². The fourth-order valence-corrected chi connectivity index (χ4v) is 3.22. The summed E-state index contributed by atoms with van der Waals surface area (Å²) in [6, 6.07) is 1.92. The van der Waals surface area contributed by atoms with E-state index in [1.165, 1.54) is 25.7 Å². The van der Waals surface area contributed by atoms with Crippen LogP contribution in [0.2, 0.25) is 0 Å². The number of amides is 1. The van der Waals surface area contributed by atoms with E-state index in [0.29, 0.717) is 18.9 Å². The van der Waals surface area contributed by atoms with Crippen molar-refractivity contribution in [1.82, 2.24) is 5.32 Å². The summed E-state index contributed by atoms with van der Waals surface area (Å²) >= 11 is 1.59. The molecule has 4 heteroatoms. The van der Waals surface area contributed by atoms with Gasteiger partial charge in [-0.25, -0.2) is 0 Å². The Kier molecular flexibility index (Phi) is 5.44. The van der Waals surface area contributed by atoms with Gasteiger partial charge in [-0.3, -0.25) is 4.79 Å². The molecule has 2 rings (SSSR count). The van der Waals surface area contributed by atoms with Gasteiger partial charge in [0.1, 0.15) is 6.61 Å². The topological polar surface area (TPSA) is 49.3 Å². The molecule has 1 heterocycles. The molecule has 0 saturated heterocycles. The zero-order chi connectivity index (χ0) is 13.5. The smallest absolute Gasteiger partial charge is 0.220 e. The molecule has 0 aliphatic heterocycles. The van der Waals surface area contributed by atoms with Gasteiger partial charge in [0.2, 0.25) is 5.91 Å². The zero-order valence-electron chi connectivity index (χ0n) is 10.9. The SMILES string of the molecule is O=C(CC1CCCC1)NCc1sccc1C#CCO. The molecule has 0 aromatic carbocycles. The fraction of sp³-hybridized carbons (Fsp3) is 0.533. The van der Waals surface area contributed by atoms with Crippen LogP contribution < -0.4 is 5.32 Å². The van der Waals surface area contributed by atoms with E-state index in [2.05, 4.69) is 17.2 Å². The van der Waals surface area contributed by atoms with Crippen LogP contribution in [0.1, 0.15) is 42.5 Å². The molecule has 0 spiro atoms. The number of rotatable bonds is 4. The number of aliphatic hydroxyl groups excluding tert-OH is 1. The molecule has 3 nitrogen and oxygen atoms in total. The Hall–Kier alpha value is -1.31. The minimum Gasteiger partial charge on any atom is -0.384 e. The van der Waals surface area contributed by atoms with Crippen LogP contribution in [0.4, 0.5) is 0 Å². The number of thiophene rings is 1. The number of carbonyl (C=O) groups excluding carboxylic acids is 1. The Morgan fingerprint density at radius 2 is 2.26 bits per heavy atom. The van der Waals surface area contributed by atoms with Gasteiger partial charge >= 0.3 is 0 Å².